The van der Waals surface area contributed by atoms with Crippen LogP contribution >= 0.6 is 0 Å². The van der Waals surface area contributed by atoms with E-state index < -0.39 is 0 Å². The summed E-state index contributed by atoms with van der Waals surface area (Å²) < 4.78 is 0. The van der Waals surface area contributed by atoms with E-state index in [9.17, 15) is 0 Å². The lowest BCUT2D eigenvalue weighted by molar-refractivity contribution is 0.124. The molecule has 2 nitrogen and oxygen atoms in total. The first kappa shape index (κ1) is 14.7. The van der Waals surface area contributed by atoms with E-state index in [-0.39, 0.29) is 5.41 Å². The summed E-state index contributed by atoms with van der Waals surface area (Å²) in [4.78, 5) is 5.81. The summed E-state index contributed by atoms with van der Waals surface area (Å²) >= 11 is 0. The van der Waals surface area contributed by atoms with Crippen molar-refractivity contribution in [1.29, 1.82) is 0 Å². The second kappa shape index (κ2) is 5.09. The van der Waals surface area contributed by atoms with Crippen molar-refractivity contribution in [2.75, 3.05) is 0 Å². The summed E-state index contributed by atoms with van der Waals surface area (Å²) in [6.07, 6.45) is 3.70. The van der Waals surface area contributed by atoms with Gasteiger partial charge in [-0.1, -0.05) is 68.4 Å². The Morgan fingerprint density at radius 2 is 1.87 bits per heavy atom. The number of fused-ring (bicyclic) bond motifs is 3. The molecule has 2 aliphatic rings. The lowest BCUT2D eigenvalue weighted by Gasteiger charge is -2.34. The van der Waals surface area contributed by atoms with E-state index in [1.165, 1.54) is 34.9 Å². The van der Waals surface area contributed by atoms with Crippen molar-refractivity contribution in [3.05, 3.63) is 48.0 Å². The standard InChI is InChI=1S/C21H25NO/c1-20(2)17-11-12-21(20,3)19(13-17)22-23-14-16-9-6-8-15-7-4-5-10-18(15)16/h4-10,17H,11-14H2,1-3H3/b22-19+/t17-,21+/m0/s1. The van der Waals surface area contributed by atoms with Crippen LogP contribution in [0.4, 0.5) is 0 Å². The van der Waals surface area contributed by atoms with Gasteiger partial charge in [0.15, 0.2) is 0 Å². The molecular formula is C21H25NO. The van der Waals surface area contributed by atoms with Gasteiger partial charge in [0.25, 0.3) is 0 Å². The topological polar surface area (TPSA) is 21.6 Å². The number of hydrogen-bond acceptors (Lipinski definition) is 2. The Labute approximate surface area is 138 Å². The minimum Gasteiger partial charge on any atom is -0.391 e. The van der Waals surface area contributed by atoms with Crippen LogP contribution in [0.15, 0.2) is 47.6 Å². The van der Waals surface area contributed by atoms with E-state index in [1.807, 2.05) is 0 Å². The van der Waals surface area contributed by atoms with Crippen molar-refractivity contribution < 1.29 is 4.84 Å². The molecule has 0 N–H and O–H groups in total. The Morgan fingerprint density at radius 3 is 2.61 bits per heavy atom. The number of oxime groups is 1. The maximum absolute atomic E-state index is 5.81. The second-order valence-electron chi connectivity index (χ2n) is 7.94. The highest BCUT2D eigenvalue weighted by atomic mass is 16.6. The molecule has 0 aliphatic heterocycles. The summed E-state index contributed by atoms with van der Waals surface area (Å²) in [6, 6.07) is 14.8. The van der Waals surface area contributed by atoms with E-state index in [4.69, 9.17) is 4.84 Å². The summed E-state index contributed by atoms with van der Waals surface area (Å²) in [5, 5.41) is 7.11. The highest BCUT2D eigenvalue weighted by Crippen LogP contribution is 2.64. The van der Waals surface area contributed by atoms with Gasteiger partial charge in [-0.2, -0.15) is 0 Å². The first-order chi connectivity index (χ1) is 11.0. The Morgan fingerprint density at radius 1 is 1.09 bits per heavy atom. The predicted octanol–water partition coefficient (Wildman–Crippen LogP) is 5.56. The van der Waals surface area contributed by atoms with E-state index in [2.05, 4.69) is 68.4 Å². The molecule has 0 aromatic heterocycles. The van der Waals surface area contributed by atoms with Gasteiger partial charge in [0.1, 0.15) is 6.61 Å². The largest absolute Gasteiger partial charge is 0.391 e. The molecular weight excluding hydrogens is 282 g/mol. The molecule has 2 heteroatoms. The van der Waals surface area contributed by atoms with Crippen molar-refractivity contribution in [3.8, 4) is 0 Å². The fourth-order valence-corrected chi connectivity index (χ4v) is 4.66. The molecule has 0 unspecified atom stereocenters. The van der Waals surface area contributed by atoms with Crippen LogP contribution in [0.3, 0.4) is 0 Å². The average molecular weight is 307 g/mol. The number of hydrogen-bond donors (Lipinski definition) is 0. The Bertz CT molecular complexity index is 771. The van der Waals surface area contributed by atoms with Gasteiger partial charge in [-0.15, -0.1) is 0 Å². The first-order valence-electron chi connectivity index (χ1n) is 8.68. The molecule has 0 radical (unpaired) electrons. The van der Waals surface area contributed by atoms with Gasteiger partial charge in [-0.3, -0.25) is 0 Å². The molecule has 0 spiro atoms. The summed E-state index contributed by atoms with van der Waals surface area (Å²) in [5.74, 6) is 0.771. The van der Waals surface area contributed by atoms with Gasteiger partial charge < -0.3 is 4.84 Å². The zero-order valence-corrected chi connectivity index (χ0v) is 14.3. The highest BCUT2D eigenvalue weighted by molar-refractivity contribution is 5.94. The van der Waals surface area contributed by atoms with Crippen LogP contribution in [-0.4, -0.2) is 5.71 Å². The van der Waals surface area contributed by atoms with Gasteiger partial charge in [0.05, 0.1) is 5.71 Å². The van der Waals surface area contributed by atoms with Gasteiger partial charge in [-0.25, -0.2) is 0 Å². The van der Waals surface area contributed by atoms with Crippen LogP contribution < -0.4 is 0 Å². The van der Waals surface area contributed by atoms with Gasteiger partial charge in [0.2, 0.25) is 0 Å². The zero-order valence-electron chi connectivity index (χ0n) is 14.3. The molecule has 2 bridgehead atoms. The second-order valence-corrected chi connectivity index (χ2v) is 7.94. The third kappa shape index (κ3) is 2.11. The molecule has 2 aromatic rings. The van der Waals surface area contributed by atoms with Gasteiger partial charge >= 0.3 is 0 Å². The minimum absolute atomic E-state index is 0.219. The maximum Gasteiger partial charge on any atom is 0.142 e. The molecule has 23 heavy (non-hydrogen) atoms. The Hall–Kier alpha value is -1.83. The van der Waals surface area contributed by atoms with Crippen molar-refractivity contribution in [2.24, 2.45) is 21.9 Å². The zero-order chi connectivity index (χ0) is 16.1. The molecule has 2 aliphatic carbocycles. The van der Waals surface area contributed by atoms with Gasteiger partial charge in [0, 0.05) is 5.41 Å². The number of rotatable bonds is 3. The molecule has 2 aromatic carbocycles. The maximum atomic E-state index is 5.81. The average Bonchev–Trinajstić information content (AvgIpc) is 2.88. The normalized spacial score (nSPS) is 30.2. The van der Waals surface area contributed by atoms with Crippen LogP contribution in [0, 0.1) is 16.7 Å². The van der Waals surface area contributed by atoms with Crippen LogP contribution in [0.5, 0.6) is 0 Å². The SMILES string of the molecule is CC1(C)[C@H]2CC[C@]1(C)/C(=N/OCc1cccc3ccccc13)C2. The molecule has 0 amide bonds. The van der Waals surface area contributed by atoms with Crippen LogP contribution in [0.25, 0.3) is 10.8 Å². The molecule has 0 saturated heterocycles. The summed E-state index contributed by atoms with van der Waals surface area (Å²) in [5.41, 5.74) is 3.06. The van der Waals surface area contributed by atoms with Gasteiger partial charge in [-0.05, 0) is 46.9 Å². The van der Waals surface area contributed by atoms with Crippen LogP contribution in [0.1, 0.15) is 45.6 Å². The number of nitrogens with zero attached hydrogens (tertiary/aromatic N) is 1. The van der Waals surface area contributed by atoms with Crippen molar-refractivity contribution in [2.45, 2.75) is 46.6 Å². The number of benzene rings is 2. The van der Waals surface area contributed by atoms with E-state index in [1.54, 1.807) is 0 Å². The van der Waals surface area contributed by atoms with Crippen LogP contribution in [0.2, 0.25) is 0 Å². The molecule has 120 valence electrons. The summed E-state index contributed by atoms with van der Waals surface area (Å²) in [6.45, 7) is 7.72. The predicted molar refractivity (Wildman–Crippen MR) is 95.4 cm³/mol. The molecule has 2 saturated carbocycles. The smallest absolute Gasteiger partial charge is 0.142 e. The fraction of sp³-hybridized carbons (Fsp3) is 0.476. The Balaban J connectivity index is 1.54. The van der Waals surface area contributed by atoms with E-state index in [0.717, 1.165) is 12.3 Å². The molecule has 0 heterocycles. The quantitative estimate of drug-likeness (QED) is 0.680. The first-order valence-corrected chi connectivity index (χ1v) is 8.68. The van der Waals surface area contributed by atoms with E-state index >= 15 is 0 Å². The molecule has 4 rings (SSSR count). The van der Waals surface area contributed by atoms with Crippen molar-refractivity contribution >= 4 is 16.5 Å². The van der Waals surface area contributed by atoms with E-state index in [0.29, 0.717) is 12.0 Å². The highest BCUT2D eigenvalue weighted by Gasteiger charge is 2.60. The fourth-order valence-electron chi connectivity index (χ4n) is 4.66. The monoisotopic (exact) mass is 307 g/mol. The summed E-state index contributed by atoms with van der Waals surface area (Å²) in [7, 11) is 0. The third-order valence-corrected chi connectivity index (χ3v) is 6.79. The lowest BCUT2D eigenvalue weighted by atomic mass is 9.70. The Kier molecular flexibility index (Phi) is 3.26. The van der Waals surface area contributed by atoms with Crippen LogP contribution in [-0.2, 0) is 11.4 Å². The third-order valence-electron chi connectivity index (χ3n) is 6.79. The minimum atomic E-state index is 0.219. The van der Waals surface area contributed by atoms with Crippen molar-refractivity contribution in [3.63, 3.8) is 0 Å². The molecule has 2 fully saturated rings. The molecule has 2 atom stereocenters. The van der Waals surface area contributed by atoms with Crippen molar-refractivity contribution in [1.82, 2.24) is 0 Å². The lowest BCUT2D eigenvalue weighted by Crippen LogP contribution is -2.32.